The fraction of sp³-hybridized carbons (Fsp3) is 0.733. The number of hydrogen-bond donors (Lipinski definition) is 5. The van der Waals surface area contributed by atoms with Crippen LogP contribution in [0.5, 0.6) is 0 Å². The second kappa shape index (κ2) is 11.7. The molecular weight excluding hydrogens is 396 g/mol. The van der Waals surface area contributed by atoms with Gasteiger partial charge in [0.2, 0.25) is 11.8 Å². The van der Waals surface area contributed by atoms with Gasteiger partial charge in [0.15, 0.2) is 0 Å². The van der Waals surface area contributed by atoms with Crippen LogP contribution >= 0.6 is 0 Å². The Labute approximate surface area is 162 Å². The Kier molecular flexibility index (Phi) is 9.99. The maximum atomic E-state index is 12.8. The number of carbonyl (C=O) groups is 4. The molecule has 2 atom stereocenters. The van der Waals surface area contributed by atoms with E-state index in [0.29, 0.717) is 25.7 Å². The fourth-order valence-corrected chi connectivity index (χ4v) is 3.34. The van der Waals surface area contributed by atoms with Crippen LogP contribution in [-0.4, -0.2) is 84.5 Å². The monoisotopic (exact) mass is 422 g/mol. The summed E-state index contributed by atoms with van der Waals surface area (Å²) in [5.74, 6) is -2.46. The Morgan fingerprint density at radius 2 is 2.00 bits per heavy atom. The predicted molar refractivity (Wildman–Crippen MR) is 96.6 cm³/mol. The van der Waals surface area contributed by atoms with Gasteiger partial charge in [-0.15, -0.1) is 0 Å². The number of carboxylic acid groups (broad SMARTS) is 1. The van der Waals surface area contributed by atoms with Gasteiger partial charge >= 0.3 is 5.97 Å². The molecule has 1 aliphatic rings. The number of aliphatic carboxylic acids is 1. The van der Waals surface area contributed by atoms with Crippen molar-refractivity contribution in [3.63, 3.8) is 0 Å². The van der Waals surface area contributed by atoms with E-state index in [9.17, 15) is 27.6 Å². The van der Waals surface area contributed by atoms with Gasteiger partial charge in [0.1, 0.15) is 18.4 Å². The third kappa shape index (κ3) is 8.73. The Morgan fingerprint density at radius 3 is 2.61 bits per heavy atom. The lowest BCUT2D eigenvalue weighted by Crippen LogP contribution is -2.55. The number of carbonyl (C=O) groups excluding carboxylic acids is 3. The summed E-state index contributed by atoms with van der Waals surface area (Å²) < 4.78 is 30.1. The van der Waals surface area contributed by atoms with Crippen LogP contribution in [-0.2, 0) is 29.3 Å². The minimum atomic E-state index is -4.09. The molecule has 2 amide bonds. The van der Waals surface area contributed by atoms with Crippen LogP contribution in [0.2, 0.25) is 0 Å². The number of aldehydes is 1. The van der Waals surface area contributed by atoms with E-state index in [1.54, 1.807) is 0 Å². The largest absolute Gasteiger partial charge is 0.481 e. The molecule has 160 valence electrons. The average Bonchev–Trinajstić information content (AvgIpc) is 3.10. The van der Waals surface area contributed by atoms with Gasteiger partial charge in [-0.2, -0.15) is 8.42 Å². The van der Waals surface area contributed by atoms with Crippen LogP contribution in [0, 0.1) is 0 Å². The van der Waals surface area contributed by atoms with Gasteiger partial charge in [-0.25, -0.2) is 5.43 Å². The first kappa shape index (κ1) is 23.9. The summed E-state index contributed by atoms with van der Waals surface area (Å²) in [6.45, 7) is 0.277. The number of nitrogens with zero attached hydrogens (tertiary/aromatic N) is 1. The molecule has 1 aliphatic heterocycles. The van der Waals surface area contributed by atoms with E-state index in [0.717, 1.165) is 0 Å². The molecule has 1 fully saturated rings. The van der Waals surface area contributed by atoms with Gasteiger partial charge in [0, 0.05) is 19.5 Å². The van der Waals surface area contributed by atoms with Gasteiger partial charge in [0.05, 0.1) is 12.3 Å². The highest BCUT2D eigenvalue weighted by Gasteiger charge is 2.37. The normalized spacial score (nSPS) is 17.9. The summed E-state index contributed by atoms with van der Waals surface area (Å²) in [7, 11) is -4.09. The first-order valence-electron chi connectivity index (χ1n) is 8.83. The van der Waals surface area contributed by atoms with Crippen molar-refractivity contribution < 1.29 is 37.3 Å². The highest BCUT2D eigenvalue weighted by atomic mass is 32.2. The maximum absolute atomic E-state index is 12.8. The zero-order valence-electron chi connectivity index (χ0n) is 15.3. The van der Waals surface area contributed by atoms with E-state index in [2.05, 4.69) is 16.2 Å². The van der Waals surface area contributed by atoms with E-state index in [-0.39, 0.29) is 32.4 Å². The van der Waals surface area contributed by atoms with Crippen molar-refractivity contribution in [3.05, 3.63) is 0 Å². The number of nitrogens with one attached hydrogen (secondary N) is 3. The summed E-state index contributed by atoms with van der Waals surface area (Å²) in [4.78, 5) is 47.6. The molecule has 5 N–H and O–H groups in total. The van der Waals surface area contributed by atoms with Gasteiger partial charge in [-0.05, 0) is 25.7 Å². The van der Waals surface area contributed by atoms with E-state index < -0.39 is 45.7 Å². The summed E-state index contributed by atoms with van der Waals surface area (Å²) in [5.41, 5.74) is 5.32. The predicted octanol–water partition coefficient (Wildman–Crippen LogP) is -2.10. The van der Waals surface area contributed by atoms with E-state index in [1.165, 1.54) is 4.90 Å². The second-order valence-corrected chi connectivity index (χ2v) is 7.87. The second-order valence-electron chi connectivity index (χ2n) is 6.30. The molecule has 0 aromatic carbocycles. The fourth-order valence-electron chi connectivity index (χ4n) is 2.83. The molecule has 0 unspecified atom stereocenters. The number of amides is 2. The Hall–Kier alpha value is -2.09. The molecule has 0 aliphatic carbocycles. The molecular formula is C15H26N4O8S. The van der Waals surface area contributed by atoms with Crippen molar-refractivity contribution in [1.29, 1.82) is 0 Å². The molecule has 0 bridgehead atoms. The van der Waals surface area contributed by atoms with Crippen LogP contribution < -0.4 is 16.2 Å². The average molecular weight is 422 g/mol. The maximum Gasteiger partial charge on any atom is 0.303 e. The van der Waals surface area contributed by atoms with Crippen molar-refractivity contribution in [1.82, 2.24) is 21.1 Å². The highest BCUT2D eigenvalue weighted by molar-refractivity contribution is 7.85. The molecule has 13 heteroatoms. The molecule has 1 rings (SSSR count). The van der Waals surface area contributed by atoms with Gasteiger partial charge in [-0.1, -0.05) is 0 Å². The summed E-state index contributed by atoms with van der Waals surface area (Å²) in [6.07, 6.45) is 1.31. The standard InChI is InChI=1S/C15H26N4O8S/c20-9-7-16-14(23)12-3-1-8-19(12)15(24)11(4-5-13(21)22)18-17-6-2-10-28(25,26)27/h9,11-12,17-18H,1-8,10H2,(H,16,23)(H,21,22)(H,25,26,27)/t11-,12-/m0/s1. The van der Waals surface area contributed by atoms with Crippen molar-refractivity contribution in [2.45, 2.75) is 44.2 Å². The number of hydrogen-bond acceptors (Lipinski definition) is 8. The van der Waals surface area contributed by atoms with Crippen LogP contribution in [0.15, 0.2) is 0 Å². The lowest BCUT2D eigenvalue weighted by molar-refractivity contribution is -0.141. The topological polar surface area (TPSA) is 182 Å². The number of carboxylic acids is 1. The van der Waals surface area contributed by atoms with Crippen LogP contribution in [0.25, 0.3) is 0 Å². The minimum Gasteiger partial charge on any atom is -0.481 e. The molecule has 0 aromatic heterocycles. The van der Waals surface area contributed by atoms with Crippen molar-refractivity contribution in [2.24, 2.45) is 0 Å². The number of rotatable bonds is 13. The third-order valence-electron chi connectivity index (χ3n) is 4.12. The third-order valence-corrected chi connectivity index (χ3v) is 4.93. The molecule has 1 saturated heterocycles. The number of hydrazine groups is 1. The molecule has 0 spiro atoms. The summed E-state index contributed by atoms with van der Waals surface area (Å²) in [5, 5.41) is 11.3. The SMILES string of the molecule is O=CCNC(=O)[C@@H]1CCCN1C(=O)[C@H](CCC(=O)O)NNCCCS(=O)(=O)O. The Bertz CT molecular complexity index is 669. The highest BCUT2D eigenvalue weighted by Crippen LogP contribution is 2.19. The lowest BCUT2D eigenvalue weighted by Gasteiger charge is -2.28. The first-order valence-corrected chi connectivity index (χ1v) is 10.4. The van der Waals surface area contributed by atoms with Crippen molar-refractivity contribution in [3.8, 4) is 0 Å². The zero-order valence-corrected chi connectivity index (χ0v) is 16.1. The molecule has 0 saturated carbocycles. The zero-order chi connectivity index (χ0) is 21.2. The first-order chi connectivity index (χ1) is 13.2. The van der Waals surface area contributed by atoms with Crippen LogP contribution in [0.3, 0.4) is 0 Å². The van der Waals surface area contributed by atoms with E-state index in [1.807, 2.05) is 0 Å². The Balaban J connectivity index is 2.67. The van der Waals surface area contributed by atoms with Crippen LogP contribution in [0.1, 0.15) is 32.1 Å². The molecule has 1 heterocycles. The van der Waals surface area contributed by atoms with Gasteiger partial charge in [-0.3, -0.25) is 24.4 Å². The van der Waals surface area contributed by atoms with E-state index >= 15 is 0 Å². The smallest absolute Gasteiger partial charge is 0.303 e. The quantitative estimate of drug-likeness (QED) is 0.0953. The summed E-state index contributed by atoms with van der Waals surface area (Å²) in [6, 6.07) is -1.68. The molecule has 0 radical (unpaired) electrons. The number of likely N-dealkylation sites (tertiary alicyclic amines) is 1. The van der Waals surface area contributed by atoms with Crippen molar-refractivity contribution >= 4 is 34.2 Å². The minimum absolute atomic E-state index is 0.0430. The lowest BCUT2D eigenvalue weighted by atomic mass is 10.1. The van der Waals surface area contributed by atoms with E-state index in [4.69, 9.17) is 9.66 Å². The van der Waals surface area contributed by atoms with Crippen LogP contribution in [0.4, 0.5) is 0 Å². The van der Waals surface area contributed by atoms with Gasteiger partial charge < -0.3 is 20.1 Å². The van der Waals surface area contributed by atoms with Crippen molar-refractivity contribution in [2.75, 3.05) is 25.4 Å². The molecule has 12 nitrogen and oxygen atoms in total. The summed E-state index contributed by atoms with van der Waals surface area (Å²) >= 11 is 0. The molecule has 28 heavy (non-hydrogen) atoms. The Morgan fingerprint density at radius 1 is 1.29 bits per heavy atom. The molecule has 0 aromatic rings. The van der Waals surface area contributed by atoms with Gasteiger partial charge in [0.25, 0.3) is 10.1 Å².